The van der Waals surface area contributed by atoms with Gasteiger partial charge in [-0.2, -0.15) is 0 Å². The van der Waals surface area contributed by atoms with Crippen LogP contribution in [0.25, 0.3) is 0 Å². The Morgan fingerprint density at radius 3 is 1.71 bits per heavy atom. The molecular formula is C13H20F5NS2. The van der Waals surface area contributed by atoms with Crippen LogP contribution in [0, 0.1) is 0 Å². The minimum Gasteiger partial charge on any atom is -0.223 e. The molecular weight excluding hydrogens is 329 g/mol. The summed E-state index contributed by atoms with van der Waals surface area (Å²) in [5.74, 6) is 0. The van der Waals surface area contributed by atoms with Crippen LogP contribution in [0.4, 0.5) is 19.4 Å². The molecule has 0 radical (unpaired) electrons. The molecule has 0 unspecified atom stereocenters. The lowest BCUT2D eigenvalue weighted by atomic mass is 10.2. The zero-order valence-corrected chi connectivity index (χ0v) is 14.2. The van der Waals surface area contributed by atoms with Crippen LogP contribution in [-0.2, 0) is 0 Å². The summed E-state index contributed by atoms with van der Waals surface area (Å²) in [5, 5.41) is 0. The maximum atomic E-state index is 12.4. The summed E-state index contributed by atoms with van der Waals surface area (Å²) in [7, 11) is -9.57. The van der Waals surface area contributed by atoms with E-state index < -0.39 is 15.1 Å². The highest BCUT2D eigenvalue weighted by Gasteiger charge is 2.65. The number of benzene rings is 1. The molecule has 1 aromatic carbocycles. The van der Waals surface area contributed by atoms with Crippen LogP contribution >= 0.6 is 22.2 Å². The first-order valence-electron chi connectivity index (χ1n) is 6.23. The lowest BCUT2D eigenvalue weighted by Gasteiger charge is -2.40. The van der Waals surface area contributed by atoms with Gasteiger partial charge in [-0.05, 0) is 50.4 Å². The topological polar surface area (TPSA) is 12.4 Å². The molecule has 0 fully saturated rings. The van der Waals surface area contributed by atoms with Crippen LogP contribution in [0.1, 0.15) is 40.2 Å². The zero-order valence-electron chi connectivity index (χ0n) is 12.5. The Kier molecular flexibility index (Phi) is 5.58. The highest BCUT2D eigenvalue weighted by molar-refractivity contribution is 8.45. The normalized spacial score (nSPS) is 15.9. The Hall–Kier alpha value is -0.760. The van der Waals surface area contributed by atoms with Gasteiger partial charge < -0.3 is 0 Å². The van der Waals surface area contributed by atoms with E-state index in [1.165, 1.54) is 18.2 Å². The number of hydrogen-bond acceptors (Lipinski definition) is 2. The van der Waals surface area contributed by atoms with Gasteiger partial charge in [0.05, 0.1) is 0 Å². The zero-order chi connectivity index (χ0) is 17.0. The molecule has 0 saturated carbocycles. The summed E-state index contributed by atoms with van der Waals surface area (Å²) in [6.45, 7) is 9.77. The monoisotopic (exact) mass is 349 g/mol. The standard InChI is InChI=1S/C11H14F5NS2.C2H6/c1-11(2,3)18-17-8-9-4-6-10(7-5-9)19(12,13,14,15)16;1-2/h4-8H,1-3H3;1-2H3/b17-8-;. The van der Waals surface area contributed by atoms with E-state index in [1.807, 2.05) is 34.6 Å². The molecule has 1 nitrogen and oxygen atoms in total. The van der Waals surface area contributed by atoms with E-state index >= 15 is 0 Å². The van der Waals surface area contributed by atoms with E-state index in [2.05, 4.69) is 4.40 Å². The molecule has 0 N–H and O–H groups in total. The molecule has 1 rings (SSSR count). The third-order valence-electron chi connectivity index (χ3n) is 1.85. The van der Waals surface area contributed by atoms with Gasteiger partial charge in [-0.1, -0.05) is 45.4 Å². The number of halogens is 5. The van der Waals surface area contributed by atoms with Crippen LogP contribution in [0.5, 0.6) is 0 Å². The van der Waals surface area contributed by atoms with Crippen LogP contribution in [0.2, 0.25) is 0 Å². The van der Waals surface area contributed by atoms with Crippen molar-refractivity contribution in [2.45, 2.75) is 44.3 Å². The molecule has 0 saturated heterocycles. The maximum Gasteiger partial charge on any atom is 0.310 e. The smallest absolute Gasteiger partial charge is 0.223 e. The van der Waals surface area contributed by atoms with Crippen LogP contribution in [0.15, 0.2) is 33.6 Å². The molecule has 0 amide bonds. The summed E-state index contributed by atoms with van der Waals surface area (Å²) < 4.78 is 66.1. The van der Waals surface area contributed by atoms with E-state index in [1.54, 1.807) is 0 Å². The second kappa shape index (κ2) is 5.79. The fourth-order valence-electron chi connectivity index (χ4n) is 1.06. The van der Waals surface area contributed by atoms with E-state index in [4.69, 9.17) is 0 Å². The predicted molar refractivity (Wildman–Crippen MR) is 84.1 cm³/mol. The van der Waals surface area contributed by atoms with Gasteiger partial charge in [0.25, 0.3) is 0 Å². The third-order valence-corrected chi connectivity index (χ3v) is 3.78. The van der Waals surface area contributed by atoms with Crippen molar-refractivity contribution in [1.82, 2.24) is 0 Å². The SMILES string of the molecule is CC.CC(C)(C)S/N=C\c1ccc(S(F)(F)(F)(F)F)cc1. The van der Waals surface area contributed by atoms with Crippen LogP contribution in [-0.4, -0.2) is 11.0 Å². The van der Waals surface area contributed by atoms with Gasteiger partial charge in [0.1, 0.15) is 4.90 Å². The molecule has 0 aromatic heterocycles. The Bertz CT molecular complexity index is 486. The van der Waals surface area contributed by atoms with Crippen molar-refractivity contribution in [3.05, 3.63) is 29.8 Å². The summed E-state index contributed by atoms with van der Waals surface area (Å²) in [4.78, 5) is -1.89. The quantitative estimate of drug-likeness (QED) is 0.318. The first kappa shape index (κ1) is 20.2. The summed E-state index contributed by atoms with van der Waals surface area (Å²) in [6.07, 6.45) is 1.34. The van der Waals surface area contributed by atoms with Gasteiger partial charge in [-0.3, -0.25) is 0 Å². The van der Waals surface area contributed by atoms with Gasteiger partial charge in [0, 0.05) is 11.0 Å². The van der Waals surface area contributed by atoms with Crippen molar-refractivity contribution in [2.75, 3.05) is 0 Å². The number of hydrogen-bond donors (Lipinski definition) is 0. The van der Waals surface area contributed by atoms with Gasteiger partial charge in [-0.25, -0.2) is 4.40 Å². The molecule has 8 heteroatoms. The largest absolute Gasteiger partial charge is 0.310 e. The fraction of sp³-hybridized carbons (Fsp3) is 0.462. The molecule has 124 valence electrons. The number of rotatable bonds is 3. The molecule has 0 atom stereocenters. The molecule has 0 aliphatic carbocycles. The van der Waals surface area contributed by atoms with E-state index in [0.29, 0.717) is 17.7 Å². The lowest BCUT2D eigenvalue weighted by Crippen LogP contribution is -2.06. The highest BCUT2D eigenvalue weighted by atomic mass is 32.5. The average molecular weight is 349 g/mol. The van der Waals surface area contributed by atoms with Crippen molar-refractivity contribution in [3.8, 4) is 0 Å². The van der Waals surface area contributed by atoms with E-state index in [9.17, 15) is 19.4 Å². The summed E-state index contributed by atoms with van der Waals surface area (Å²) >= 11 is 1.24. The Balaban J connectivity index is 0.00000191. The molecule has 0 bridgehead atoms. The summed E-state index contributed by atoms with van der Waals surface area (Å²) in [5.41, 5.74) is 0.336. The Morgan fingerprint density at radius 2 is 1.38 bits per heavy atom. The maximum absolute atomic E-state index is 12.4. The Morgan fingerprint density at radius 1 is 0.952 bits per heavy atom. The van der Waals surface area contributed by atoms with Gasteiger partial charge in [-0.15, -0.1) is 0 Å². The number of nitrogens with zero attached hydrogens (tertiary/aromatic N) is 1. The molecule has 0 aliphatic heterocycles. The Labute approximate surface area is 126 Å². The van der Waals surface area contributed by atoms with Crippen molar-refractivity contribution in [2.24, 2.45) is 4.40 Å². The van der Waals surface area contributed by atoms with Crippen molar-refractivity contribution in [1.29, 1.82) is 0 Å². The second-order valence-corrected chi connectivity index (χ2v) is 9.00. The summed E-state index contributed by atoms with van der Waals surface area (Å²) in [6, 6.07) is 2.70. The van der Waals surface area contributed by atoms with E-state index in [-0.39, 0.29) is 4.75 Å². The molecule has 0 aliphatic rings. The van der Waals surface area contributed by atoms with Crippen LogP contribution < -0.4 is 0 Å². The minimum atomic E-state index is -9.57. The average Bonchev–Trinajstić information content (AvgIpc) is 2.27. The molecule has 0 heterocycles. The molecule has 0 spiro atoms. The van der Waals surface area contributed by atoms with Crippen molar-refractivity contribution >= 4 is 28.4 Å². The molecule has 21 heavy (non-hydrogen) atoms. The van der Waals surface area contributed by atoms with Gasteiger partial charge in [0.15, 0.2) is 0 Å². The van der Waals surface area contributed by atoms with E-state index in [0.717, 1.165) is 12.1 Å². The van der Waals surface area contributed by atoms with Gasteiger partial charge in [0.2, 0.25) is 0 Å². The second-order valence-electron chi connectivity index (χ2n) is 4.98. The predicted octanol–water partition coefficient (Wildman–Crippen LogP) is 7.24. The first-order chi connectivity index (χ1) is 9.17. The third kappa shape index (κ3) is 8.31. The van der Waals surface area contributed by atoms with Gasteiger partial charge >= 0.3 is 10.2 Å². The van der Waals surface area contributed by atoms with Crippen LogP contribution in [0.3, 0.4) is 0 Å². The molecule has 1 aromatic rings. The highest BCUT2D eigenvalue weighted by Crippen LogP contribution is 3.02. The van der Waals surface area contributed by atoms with Crippen molar-refractivity contribution < 1.29 is 19.4 Å². The first-order valence-corrected chi connectivity index (χ1v) is 8.96. The van der Waals surface area contributed by atoms with Crippen molar-refractivity contribution in [3.63, 3.8) is 0 Å². The fourth-order valence-corrected chi connectivity index (χ4v) is 2.20. The minimum absolute atomic E-state index is 0.125. The lowest BCUT2D eigenvalue weighted by molar-refractivity contribution is 0.364.